The van der Waals surface area contributed by atoms with Gasteiger partial charge in [0.25, 0.3) is 0 Å². The fourth-order valence-electron chi connectivity index (χ4n) is 1.93. The summed E-state index contributed by atoms with van der Waals surface area (Å²) in [6, 6.07) is 7.82. The van der Waals surface area contributed by atoms with Crippen molar-refractivity contribution in [3.8, 4) is 5.75 Å². The number of ether oxygens (including phenoxy) is 1. The third-order valence-electron chi connectivity index (χ3n) is 2.95. The number of nitrogens with zero attached hydrogens (tertiary/aromatic N) is 3. The van der Waals surface area contributed by atoms with Crippen molar-refractivity contribution in [1.29, 1.82) is 0 Å². The normalized spacial score (nSPS) is 10.7. The highest BCUT2D eigenvalue weighted by molar-refractivity contribution is 5.30. The summed E-state index contributed by atoms with van der Waals surface area (Å²) in [5.74, 6) is 0.824. The van der Waals surface area contributed by atoms with E-state index in [9.17, 15) is 0 Å². The highest BCUT2D eigenvalue weighted by Crippen LogP contribution is 2.16. The molecule has 0 saturated heterocycles. The standard InChI is InChI=1S/C13H18N4O2/c1-19-11-4-2-10(3-5-11)8-13-12(9-14)15-16-17(13)6-7-18/h2-5,18H,6-9,14H2,1H3. The van der Waals surface area contributed by atoms with Gasteiger partial charge in [0.15, 0.2) is 0 Å². The molecule has 2 aromatic rings. The summed E-state index contributed by atoms with van der Waals surface area (Å²) >= 11 is 0. The van der Waals surface area contributed by atoms with Gasteiger partial charge < -0.3 is 15.6 Å². The SMILES string of the molecule is COc1ccc(Cc2c(CN)nnn2CCO)cc1. The summed E-state index contributed by atoms with van der Waals surface area (Å²) in [6.45, 7) is 0.804. The maximum Gasteiger partial charge on any atom is 0.118 e. The number of benzene rings is 1. The molecule has 6 heteroatoms. The summed E-state index contributed by atoms with van der Waals surface area (Å²) in [5, 5.41) is 17.1. The zero-order chi connectivity index (χ0) is 13.7. The van der Waals surface area contributed by atoms with Gasteiger partial charge in [0.1, 0.15) is 5.75 Å². The molecule has 0 aliphatic carbocycles. The minimum Gasteiger partial charge on any atom is -0.497 e. The summed E-state index contributed by atoms with van der Waals surface area (Å²) < 4.78 is 6.83. The first kappa shape index (κ1) is 13.5. The molecule has 0 radical (unpaired) electrons. The molecule has 6 nitrogen and oxygen atoms in total. The van der Waals surface area contributed by atoms with Gasteiger partial charge in [-0.2, -0.15) is 0 Å². The van der Waals surface area contributed by atoms with Gasteiger partial charge in [-0.1, -0.05) is 17.3 Å². The van der Waals surface area contributed by atoms with Crippen LogP contribution in [0.15, 0.2) is 24.3 Å². The lowest BCUT2D eigenvalue weighted by Crippen LogP contribution is -2.10. The van der Waals surface area contributed by atoms with E-state index < -0.39 is 0 Å². The van der Waals surface area contributed by atoms with Gasteiger partial charge >= 0.3 is 0 Å². The lowest BCUT2D eigenvalue weighted by molar-refractivity contribution is 0.266. The van der Waals surface area contributed by atoms with Crippen molar-refractivity contribution in [2.75, 3.05) is 13.7 Å². The van der Waals surface area contributed by atoms with E-state index in [2.05, 4.69) is 10.3 Å². The van der Waals surface area contributed by atoms with Gasteiger partial charge in [0.2, 0.25) is 0 Å². The van der Waals surface area contributed by atoms with Crippen LogP contribution in [0.1, 0.15) is 17.0 Å². The third-order valence-corrected chi connectivity index (χ3v) is 2.95. The molecular formula is C13H18N4O2. The Kier molecular flexibility index (Phi) is 4.48. The number of hydrogen-bond acceptors (Lipinski definition) is 5. The molecule has 0 bridgehead atoms. The largest absolute Gasteiger partial charge is 0.497 e. The van der Waals surface area contributed by atoms with Gasteiger partial charge in [-0.3, -0.25) is 0 Å². The Morgan fingerprint density at radius 2 is 2.05 bits per heavy atom. The number of methoxy groups -OCH3 is 1. The van der Waals surface area contributed by atoms with Crippen molar-refractivity contribution in [2.24, 2.45) is 5.73 Å². The van der Waals surface area contributed by atoms with Crippen LogP contribution in [0.25, 0.3) is 0 Å². The first-order valence-electron chi connectivity index (χ1n) is 6.13. The number of nitrogens with two attached hydrogens (primary N) is 1. The Hall–Kier alpha value is -1.92. The van der Waals surface area contributed by atoms with Crippen molar-refractivity contribution < 1.29 is 9.84 Å². The summed E-state index contributed by atoms with van der Waals surface area (Å²) in [4.78, 5) is 0. The van der Waals surface area contributed by atoms with E-state index >= 15 is 0 Å². The molecular weight excluding hydrogens is 244 g/mol. The molecule has 0 aliphatic heterocycles. The maximum absolute atomic E-state index is 9.02. The Balaban J connectivity index is 2.22. The quantitative estimate of drug-likeness (QED) is 0.783. The van der Waals surface area contributed by atoms with Crippen molar-refractivity contribution in [3.05, 3.63) is 41.2 Å². The molecule has 0 saturated carbocycles. The Morgan fingerprint density at radius 3 is 2.63 bits per heavy atom. The van der Waals surface area contributed by atoms with Crippen LogP contribution in [0.2, 0.25) is 0 Å². The predicted octanol–water partition coefficient (Wildman–Crippen LogP) is 0.328. The van der Waals surface area contributed by atoms with E-state index in [-0.39, 0.29) is 6.61 Å². The average molecular weight is 262 g/mol. The van der Waals surface area contributed by atoms with E-state index in [0.29, 0.717) is 19.5 Å². The Bertz CT molecular complexity index is 522. The van der Waals surface area contributed by atoms with Crippen molar-refractivity contribution in [1.82, 2.24) is 15.0 Å². The van der Waals surface area contributed by atoms with Crippen molar-refractivity contribution in [2.45, 2.75) is 19.5 Å². The van der Waals surface area contributed by atoms with Crippen LogP contribution >= 0.6 is 0 Å². The lowest BCUT2D eigenvalue weighted by Gasteiger charge is -2.07. The molecule has 1 heterocycles. The molecule has 0 aliphatic rings. The molecule has 1 aromatic heterocycles. The predicted molar refractivity (Wildman–Crippen MR) is 70.8 cm³/mol. The fraction of sp³-hybridized carbons (Fsp3) is 0.385. The van der Waals surface area contributed by atoms with Crippen LogP contribution in [-0.4, -0.2) is 33.8 Å². The first-order chi connectivity index (χ1) is 9.28. The van der Waals surface area contributed by atoms with E-state index in [1.54, 1.807) is 11.8 Å². The number of hydrogen-bond donors (Lipinski definition) is 2. The molecule has 102 valence electrons. The molecule has 0 spiro atoms. The van der Waals surface area contributed by atoms with Crippen LogP contribution < -0.4 is 10.5 Å². The molecule has 0 amide bonds. The van der Waals surface area contributed by atoms with E-state index in [1.165, 1.54) is 0 Å². The zero-order valence-corrected chi connectivity index (χ0v) is 10.9. The second kappa shape index (κ2) is 6.31. The van der Waals surface area contributed by atoms with Gasteiger partial charge in [0, 0.05) is 13.0 Å². The van der Waals surface area contributed by atoms with Crippen LogP contribution in [-0.2, 0) is 19.5 Å². The first-order valence-corrected chi connectivity index (χ1v) is 6.13. The van der Waals surface area contributed by atoms with Crippen LogP contribution in [0, 0.1) is 0 Å². The highest BCUT2D eigenvalue weighted by atomic mass is 16.5. The molecule has 0 fully saturated rings. The van der Waals surface area contributed by atoms with Crippen LogP contribution in [0.4, 0.5) is 0 Å². The van der Waals surface area contributed by atoms with Gasteiger partial charge in [-0.15, -0.1) is 5.10 Å². The highest BCUT2D eigenvalue weighted by Gasteiger charge is 2.12. The molecule has 2 rings (SSSR count). The van der Waals surface area contributed by atoms with Crippen molar-refractivity contribution in [3.63, 3.8) is 0 Å². The smallest absolute Gasteiger partial charge is 0.118 e. The zero-order valence-electron chi connectivity index (χ0n) is 10.9. The second-order valence-electron chi connectivity index (χ2n) is 4.16. The van der Waals surface area contributed by atoms with Gasteiger partial charge in [-0.05, 0) is 17.7 Å². The van der Waals surface area contributed by atoms with Crippen LogP contribution in [0.5, 0.6) is 5.75 Å². The summed E-state index contributed by atoms with van der Waals surface area (Å²) in [5.41, 5.74) is 8.50. The van der Waals surface area contributed by atoms with E-state index in [0.717, 1.165) is 22.7 Å². The van der Waals surface area contributed by atoms with Crippen LogP contribution in [0.3, 0.4) is 0 Å². The second-order valence-corrected chi connectivity index (χ2v) is 4.16. The summed E-state index contributed by atoms with van der Waals surface area (Å²) in [7, 11) is 1.64. The molecule has 1 aromatic carbocycles. The number of aliphatic hydroxyl groups excluding tert-OH is 1. The average Bonchev–Trinajstić information content (AvgIpc) is 2.82. The number of aromatic nitrogens is 3. The third kappa shape index (κ3) is 3.10. The Morgan fingerprint density at radius 1 is 1.32 bits per heavy atom. The minimum atomic E-state index is 0.0307. The van der Waals surface area contributed by atoms with Crippen molar-refractivity contribution >= 4 is 0 Å². The molecule has 3 N–H and O–H groups in total. The number of aliphatic hydroxyl groups is 1. The molecule has 19 heavy (non-hydrogen) atoms. The lowest BCUT2D eigenvalue weighted by atomic mass is 10.1. The number of rotatable bonds is 6. The van der Waals surface area contributed by atoms with E-state index in [4.69, 9.17) is 15.6 Å². The monoisotopic (exact) mass is 262 g/mol. The fourth-order valence-corrected chi connectivity index (χ4v) is 1.93. The van der Waals surface area contributed by atoms with Gasteiger partial charge in [-0.25, -0.2) is 4.68 Å². The summed E-state index contributed by atoms with van der Waals surface area (Å²) in [6.07, 6.45) is 0.684. The van der Waals surface area contributed by atoms with E-state index in [1.807, 2.05) is 24.3 Å². The topological polar surface area (TPSA) is 86.2 Å². The molecule has 0 atom stereocenters. The molecule has 0 unspecified atom stereocenters. The maximum atomic E-state index is 9.02. The minimum absolute atomic E-state index is 0.0307. The van der Waals surface area contributed by atoms with Gasteiger partial charge in [0.05, 0.1) is 31.6 Å². The Labute approximate surface area is 111 Å².